The number of allylic oxidation sites excluding steroid dienone is 1. The number of aliphatic hydroxyl groups excluding tert-OH is 1. The number of ether oxygens (including phenoxy) is 1. The minimum atomic E-state index is -0.225. The predicted octanol–water partition coefficient (Wildman–Crippen LogP) is 3.69. The Bertz CT molecular complexity index is 1010. The van der Waals surface area contributed by atoms with E-state index < -0.39 is 0 Å². The zero-order chi connectivity index (χ0) is 22.6. The maximum atomic E-state index is 9.88. The van der Waals surface area contributed by atoms with Gasteiger partial charge in [-0.2, -0.15) is 0 Å². The lowest BCUT2D eigenvalue weighted by atomic mass is 9.73. The van der Waals surface area contributed by atoms with Crippen LogP contribution >= 0.6 is 0 Å². The van der Waals surface area contributed by atoms with Crippen molar-refractivity contribution in [3.8, 4) is 0 Å². The van der Waals surface area contributed by atoms with Gasteiger partial charge >= 0.3 is 0 Å². The topological polar surface area (TPSA) is 118 Å². The van der Waals surface area contributed by atoms with E-state index in [1.54, 1.807) is 6.08 Å². The molecule has 6 nitrogen and oxygen atoms in total. The van der Waals surface area contributed by atoms with Crippen molar-refractivity contribution >= 4 is 11.7 Å². The van der Waals surface area contributed by atoms with Gasteiger partial charge in [-0.25, -0.2) is 4.99 Å². The van der Waals surface area contributed by atoms with Gasteiger partial charge in [0.25, 0.3) is 0 Å². The van der Waals surface area contributed by atoms with Gasteiger partial charge in [-0.3, -0.25) is 5.41 Å². The third-order valence-corrected chi connectivity index (χ3v) is 6.38. The molecule has 2 atom stereocenters. The summed E-state index contributed by atoms with van der Waals surface area (Å²) >= 11 is 0. The molecule has 3 rings (SSSR count). The summed E-state index contributed by atoms with van der Waals surface area (Å²) in [6.45, 7) is 6.22. The van der Waals surface area contributed by atoms with Gasteiger partial charge in [-0.15, -0.1) is 5.73 Å². The number of aliphatic hydroxyl groups is 1. The van der Waals surface area contributed by atoms with Gasteiger partial charge in [0.2, 0.25) is 5.90 Å². The average Bonchev–Trinajstić information content (AvgIpc) is 2.93. The number of amidine groups is 1. The Hall–Kier alpha value is -2.92. The van der Waals surface area contributed by atoms with Gasteiger partial charge < -0.3 is 21.3 Å². The molecule has 0 bridgehead atoms. The number of hydrogen-bond acceptors (Lipinski definition) is 6. The van der Waals surface area contributed by atoms with Crippen LogP contribution in [0.15, 0.2) is 70.1 Å². The van der Waals surface area contributed by atoms with Gasteiger partial charge in [-0.1, -0.05) is 44.2 Å². The molecule has 31 heavy (non-hydrogen) atoms. The molecule has 0 saturated carbocycles. The molecule has 1 aromatic rings. The highest BCUT2D eigenvalue weighted by Gasteiger charge is 2.42. The molecule has 0 fully saturated rings. The maximum Gasteiger partial charge on any atom is 0.224 e. The van der Waals surface area contributed by atoms with E-state index in [9.17, 15) is 5.11 Å². The summed E-state index contributed by atoms with van der Waals surface area (Å²) in [5.74, 6) is -0.00538. The van der Waals surface area contributed by atoms with Gasteiger partial charge in [0.1, 0.15) is 11.4 Å². The van der Waals surface area contributed by atoms with E-state index in [0.29, 0.717) is 17.7 Å². The van der Waals surface area contributed by atoms with Gasteiger partial charge in [0.15, 0.2) is 0 Å². The Morgan fingerprint density at radius 3 is 2.77 bits per heavy atom. The zero-order valence-corrected chi connectivity index (χ0v) is 18.4. The van der Waals surface area contributed by atoms with Crippen molar-refractivity contribution in [2.75, 3.05) is 13.7 Å². The number of nitrogens with one attached hydrogen (secondary N) is 1. The molecular formula is C25H32N4O2. The molecule has 0 spiro atoms. The lowest BCUT2D eigenvalue weighted by Gasteiger charge is -2.34. The number of hydrogen-bond donors (Lipinski definition) is 4. The first kappa shape index (κ1) is 22.8. The molecule has 6 N–H and O–H groups in total. The molecule has 6 heteroatoms. The van der Waals surface area contributed by atoms with Gasteiger partial charge in [-0.05, 0) is 53.9 Å². The molecule has 0 saturated heterocycles. The summed E-state index contributed by atoms with van der Waals surface area (Å²) in [5, 5.41) is 17.8. The normalized spacial score (nSPS) is 22.5. The number of benzene rings is 1. The van der Waals surface area contributed by atoms with E-state index in [1.807, 2.05) is 0 Å². The third kappa shape index (κ3) is 4.42. The highest BCUT2D eigenvalue weighted by Crippen LogP contribution is 2.51. The molecule has 164 valence electrons. The van der Waals surface area contributed by atoms with Crippen molar-refractivity contribution in [1.82, 2.24) is 0 Å². The van der Waals surface area contributed by atoms with Crippen molar-refractivity contribution in [3.05, 3.63) is 76.2 Å². The predicted molar refractivity (Wildman–Crippen MR) is 125 cm³/mol. The minimum Gasteiger partial charge on any atom is -0.480 e. The van der Waals surface area contributed by atoms with E-state index in [1.165, 1.54) is 18.2 Å². The molecule has 1 aliphatic heterocycles. The fraction of sp³-hybridized carbons (Fsp3) is 0.400. The summed E-state index contributed by atoms with van der Waals surface area (Å²) in [5.41, 5.74) is 20.5. The van der Waals surface area contributed by atoms with Gasteiger partial charge in [0.05, 0.1) is 19.4 Å². The minimum absolute atomic E-state index is 0.0132. The summed E-state index contributed by atoms with van der Waals surface area (Å²) in [7, 11) is 1.39. The molecule has 1 unspecified atom stereocenters. The highest BCUT2D eigenvalue weighted by molar-refractivity contribution is 6.19. The standard InChI is InChI=1S/C25H32N4O2/c1-4-12-25(14-17-7-5-6-8-19(17)22(25)26)13-11-16(2)21-18(15-30)9-10-20(23(27)29-21)24(28)31-3/h5-9,22,28,30H,2,4,11-15,26H2,1,3H3,(H2,27,29)/t22-,25?/m1/s1. The fourth-order valence-corrected chi connectivity index (χ4v) is 4.71. The quantitative estimate of drug-likeness (QED) is 0.291. The average molecular weight is 421 g/mol. The molecule has 0 radical (unpaired) electrons. The van der Waals surface area contributed by atoms with Crippen molar-refractivity contribution < 1.29 is 9.84 Å². The molecular weight excluding hydrogens is 388 g/mol. The Kier molecular flexibility index (Phi) is 6.96. The number of nitrogens with two attached hydrogens (primary N) is 2. The number of methoxy groups -OCH3 is 1. The van der Waals surface area contributed by atoms with Crippen LogP contribution < -0.4 is 11.5 Å². The molecule has 0 aromatic heterocycles. The van der Waals surface area contributed by atoms with Crippen LogP contribution in [-0.2, 0) is 11.2 Å². The fourth-order valence-electron chi connectivity index (χ4n) is 4.71. The summed E-state index contributed by atoms with van der Waals surface area (Å²) in [6.07, 6.45) is 6.20. The molecule has 1 aliphatic carbocycles. The Balaban J connectivity index is 1.84. The Morgan fingerprint density at radius 2 is 2.13 bits per heavy atom. The molecule has 1 aromatic carbocycles. The van der Waals surface area contributed by atoms with Crippen molar-refractivity contribution in [2.45, 2.75) is 45.1 Å². The second kappa shape index (κ2) is 9.48. The van der Waals surface area contributed by atoms with Crippen LogP contribution in [0.25, 0.3) is 0 Å². The molecule has 0 amide bonds. The van der Waals surface area contributed by atoms with Gasteiger partial charge in [0, 0.05) is 11.6 Å². The van der Waals surface area contributed by atoms with Crippen LogP contribution in [0, 0.1) is 10.8 Å². The first-order chi connectivity index (χ1) is 14.9. The number of fused-ring (bicyclic) bond motifs is 1. The van der Waals surface area contributed by atoms with Crippen LogP contribution in [-0.4, -0.2) is 30.6 Å². The van der Waals surface area contributed by atoms with Crippen LogP contribution in [0.1, 0.15) is 49.8 Å². The summed E-state index contributed by atoms with van der Waals surface area (Å²) < 4.78 is 4.96. The SMILES string of the molecule is C=C(CCC1(CCC)Cc2ccccc2[C@H]1N)C1=C(CO)C=C=C(C(=N)OC)C(N)=N1. The second-order valence-corrected chi connectivity index (χ2v) is 8.30. The lowest BCUT2D eigenvalue weighted by molar-refractivity contribution is 0.203. The first-order valence-electron chi connectivity index (χ1n) is 10.7. The zero-order valence-electron chi connectivity index (χ0n) is 18.4. The monoisotopic (exact) mass is 420 g/mol. The van der Waals surface area contributed by atoms with Crippen LogP contribution in [0.5, 0.6) is 0 Å². The number of rotatable bonds is 8. The van der Waals surface area contributed by atoms with Crippen molar-refractivity contribution in [3.63, 3.8) is 0 Å². The number of aliphatic imine (C=N–C) groups is 1. The smallest absolute Gasteiger partial charge is 0.224 e. The van der Waals surface area contributed by atoms with E-state index in [-0.39, 0.29) is 35.4 Å². The van der Waals surface area contributed by atoms with Crippen LogP contribution in [0.3, 0.4) is 0 Å². The highest BCUT2D eigenvalue weighted by atomic mass is 16.5. The Morgan fingerprint density at radius 1 is 1.39 bits per heavy atom. The third-order valence-electron chi connectivity index (χ3n) is 6.38. The summed E-state index contributed by atoms with van der Waals surface area (Å²) in [6, 6.07) is 8.42. The van der Waals surface area contributed by atoms with Crippen LogP contribution in [0.2, 0.25) is 0 Å². The molecule has 2 aliphatic rings. The number of nitrogens with zero attached hydrogens (tertiary/aromatic N) is 1. The van der Waals surface area contributed by atoms with Crippen LogP contribution in [0.4, 0.5) is 0 Å². The van der Waals surface area contributed by atoms with E-state index >= 15 is 0 Å². The largest absolute Gasteiger partial charge is 0.480 e. The van der Waals surface area contributed by atoms with Crippen molar-refractivity contribution in [1.29, 1.82) is 5.41 Å². The summed E-state index contributed by atoms with van der Waals surface area (Å²) in [4.78, 5) is 4.48. The maximum absolute atomic E-state index is 9.88. The first-order valence-corrected chi connectivity index (χ1v) is 10.7. The second-order valence-electron chi connectivity index (χ2n) is 8.30. The molecule has 1 heterocycles. The Labute approximate surface area is 184 Å². The van der Waals surface area contributed by atoms with Crippen molar-refractivity contribution in [2.24, 2.45) is 21.9 Å². The lowest BCUT2D eigenvalue weighted by Crippen LogP contribution is -2.31. The van der Waals surface area contributed by atoms with E-state index in [0.717, 1.165) is 31.3 Å². The van der Waals surface area contributed by atoms with E-state index in [2.05, 4.69) is 48.5 Å². The van der Waals surface area contributed by atoms with E-state index in [4.69, 9.17) is 21.6 Å².